The van der Waals surface area contributed by atoms with Crippen molar-refractivity contribution in [1.82, 2.24) is 0 Å². The Kier molecular flexibility index (Phi) is 6.66. The summed E-state index contributed by atoms with van der Waals surface area (Å²) in [6.45, 7) is 6.77. The molecule has 2 aromatic rings. The number of aryl methyl sites for hydroxylation is 1. The number of hydrogen-bond donors (Lipinski definition) is 1. The SMILES string of the molecule is CC(=O)N(CCC(=O)Nc1cccc(C)c1)c1ccccc1N1CCOCC1. The molecule has 6 nitrogen and oxygen atoms in total. The van der Waals surface area contributed by atoms with Crippen molar-refractivity contribution in [2.75, 3.05) is 48.0 Å². The molecule has 2 amide bonds. The maximum absolute atomic E-state index is 12.4. The predicted molar refractivity (Wildman–Crippen MR) is 112 cm³/mol. The van der Waals surface area contributed by atoms with E-state index in [1.807, 2.05) is 55.5 Å². The summed E-state index contributed by atoms with van der Waals surface area (Å²) in [7, 11) is 0. The first-order valence-corrected chi connectivity index (χ1v) is 9.61. The van der Waals surface area contributed by atoms with Crippen LogP contribution in [-0.2, 0) is 14.3 Å². The van der Waals surface area contributed by atoms with Gasteiger partial charge in [0.15, 0.2) is 0 Å². The van der Waals surface area contributed by atoms with Gasteiger partial charge in [0.1, 0.15) is 0 Å². The van der Waals surface area contributed by atoms with Gasteiger partial charge < -0.3 is 19.9 Å². The summed E-state index contributed by atoms with van der Waals surface area (Å²) >= 11 is 0. The van der Waals surface area contributed by atoms with Gasteiger partial charge in [-0.2, -0.15) is 0 Å². The molecule has 0 spiro atoms. The molecule has 0 bridgehead atoms. The summed E-state index contributed by atoms with van der Waals surface area (Å²) in [4.78, 5) is 28.6. The van der Waals surface area contributed by atoms with Gasteiger partial charge in [-0.15, -0.1) is 0 Å². The van der Waals surface area contributed by atoms with Gasteiger partial charge in [-0.3, -0.25) is 9.59 Å². The van der Waals surface area contributed by atoms with Gasteiger partial charge >= 0.3 is 0 Å². The van der Waals surface area contributed by atoms with E-state index >= 15 is 0 Å². The van der Waals surface area contributed by atoms with Gasteiger partial charge in [-0.05, 0) is 36.8 Å². The molecule has 28 heavy (non-hydrogen) atoms. The molecule has 3 rings (SSSR count). The minimum atomic E-state index is -0.110. The number of ether oxygens (including phenoxy) is 1. The van der Waals surface area contributed by atoms with E-state index in [1.54, 1.807) is 4.90 Å². The van der Waals surface area contributed by atoms with Crippen molar-refractivity contribution in [2.24, 2.45) is 0 Å². The van der Waals surface area contributed by atoms with Crippen molar-refractivity contribution in [3.8, 4) is 0 Å². The number of amides is 2. The number of carbonyl (C=O) groups is 2. The van der Waals surface area contributed by atoms with Gasteiger partial charge in [-0.1, -0.05) is 24.3 Å². The molecule has 2 aromatic carbocycles. The second-order valence-electron chi connectivity index (χ2n) is 6.93. The van der Waals surface area contributed by atoms with Crippen LogP contribution in [0.15, 0.2) is 48.5 Å². The monoisotopic (exact) mass is 381 g/mol. The van der Waals surface area contributed by atoms with E-state index < -0.39 is 0 Å². The highest BCUT2D eigenvalue weighted by molar-refractivity contribution is 5.97. The summed E-state index contributed by atoms with van der Waals surface area (Å²) in [6, 6.07) is 15.5. The van der Waals surface area contributed by atoms with Crippen molar-refractivity contribution < 1.29 is 14.3 Å². The molecule has 0 aliphatic carbocycles. The van der Waals surface area contributed by atoms with Crippen LogP contribution in [0.3, 0.4) is 0 Å². The Morgan fingerprint density at radius 2 is 1.86 bits per heavy atom. The van der Waals surface area contributed by atoms with Crippen LogP contribution >= 0.6 is 0 Å². The number of anilines is 3. The fourth-order valence-corrected chi connectivity index (χ4v) is 3.37. The second-order valence-corrected chi connectivity index (χ2v) is 6.93. The fraction of sp³-hybridized carbons (Fsp3) is 0.364. The van der Waals surface area contributed by atoms with Gasteiger partial charge in [0, 0.05) is 38.7 Å². The molecule has 1 heterocycles. The van der Waals surface area contributed by atoms with Crippen molar-refractivity contribution in [2.45, 2.75) is 20.3 Å². The third-order valence-electron chi connectivity index (χ3n) is 4.77. The van der Waals surface area contributed by atoms with Crippen LogP contribution in [-0.4, -0.2) is 44.7 Å². The summed E-state index contributed by atoms with van der Waals surface area (Å²) in [5, 5.41) is 2.90. The largest absolute Gasteiger partial charge is 0.378 e. The van der Waals surface area contributed by atoms with Gasteiger partial charge in [0.2, 0.25) is 11.8 Å². The van der Waals surface area contributed by atoms with Crippen LogP contribution in [0.25, 0.3) is 0 Å². The zero-order chi connectivity index (χ0) is 19.9. The number of rotatable bonds is 6. The maximum atomic E-state index is 12.4. The lowest BCUT2D eigenvalue weighted by Gasteiger charge is -2.33. The molecule has 1 aliphatic rings. The molecule has 1 fully saturated rings. The van der Waals surface area contributed by atoms with E-state index in [0.29, 0.717) is 19.8 Å². The Hall–Kier alpha value is -2.86. The molecule has 0 unspecified atom stereocenters. The van der Waals surface area contributed by atoms with E-state index in [2.05, 4.69) is 10.2 Å². The number of nitrogens with one attached hydrogen (secondary N) is 1. The summed E-state index contributed by atoms with van der Waals surface area (Å²) in [5.74, 6) is -0.190. The molecule has 1 N–H and O–H groups in total. The number of para-hydroxylation sites is 2. The highest BCUT2D eigenvalue weighted by Crippen LogP contribution is 2.30. The number of morpholine rings is 1. The lowest BCUT2D eigenvalue weighted by molar-refractivity contribution is -0.117. The average molecular weight is 381 g/mol. The predicted octanol–water partition coefficient (Wildman–Crippen LogP) is 3.21. The van der Waals surface area contributed by atoms with E-state index in [-0.39, 0.29) is 18.2 Å². The topological polar surface area (TPSA) is 61.9 Å². The maximum Gasteiger partial charge on any atom is 0.226 e. The van der Waals surface area contributed by atoms with Gasteiger partial charge in [-0.25, -0.2) is 0 Å². The van der Waals surface area contributed by atoms with E-state index in [1.165, 1.54) is 6.92 Å². The number of nitrogens with zero attached hydrogens (tertiary/aromatic N) is 2. The zero-order valence-corrected chi connectivity index (χ0v) is 16.5. The first-order chi connectivity index (χ1) is 13.5. The summed E-state index contributed by atoms with van der Waals surface area (Å²) in [6.07, 6.45) is 0.227. The summed E-state index contributed by atoms with van der Waals surface area (Å²) in [5.41, 5.74) is 3.69. The first kappa shape index (κ1) is 19.9. The molecule has 148 valence electrons. The first-order valence-electron chi connectivity index (χ1n) is 9.61. The van der Waals surface area contributed by atoms with Crippen molar-refractivity contribution >= 4 is 28.9 Å². The van der Waals surface area contributed by atoms with Gasteiger partial charge in [0.05, 0.1) is 24.6 Å². The van der Waals surface area contributed by atoms with Crippen LogP contribution in [0.1, 0.15) is 18.9 Å². The highest BCUT2D eigenvalue weighted by Gasteiger charge is 2.21. The van der Waals surface area contributed by atoms with Gasteiger partial charge in [0.25, 0.3) is 0 Å². The number of carbonyl (C=O) groups excluding carboxylic acids is 2. The van der Waals surface area contributed by atoms with Crippen LogP contribution < -0.4 is 15.1 Å². The van der Waals surface area contributed by atoms with E-state index in [9.17, 15) is 9.59 Å². The molecule has 0 aromatic heterocycles. The lowest BCUT2D eigenvalue weighted by atomic mass is 10.2. The number of hydrogen-bond acceptors (Lipinski definition) is 4. The van der Waals surface area contributed by atoms with Crippen LogP contribution in [0.5, 0.6) is 0 Å². The smallest absolute Gasteiger partial charge is 0.226 e. The van der Waals surface area contributed by atoms with Crippen LogP contribution in [0, 0.1) is 6.92 Å². The molecule has 1 aliphatic heterocycles. The normalized spacial score (nSPS) is 13.9. The molecular weight excluding hydrogens is 354 g/mol. The summed E-state index contributed by atoms with van der Waals surface area (Å²) < 4.78 is 5.44. The van der Waals surface area contributed by atoms with Crippen molar-refractivity contribution in [3.63, 3.8) is 0 Å². The molecule has 6 heteroatoms. The Labute approximate surface area is 166 Å². The molecule has 1 saturated heterocycles. The third-order valence-corrected chi connectivity index (χ3v) is 4.77. The average Bonchev–Trinajstić information content (AvgIpc) is 2.69. The standard InChI is InChI=1S/C22H27N3O3/c1-17-6-5-7-19(16-17)23-22(27)10-11-25(18(2)26)21-9-4-3-8-20(21)24-12-14-28-15-13-24/h3-9,16H,10-15H2,1-2H3,(H,23,27). The number of benzene rings is 2. The minimum Gasteiger partial charge on any atom is -0.378 e. The molecule has 0 atom stereocenters. The molecule has 0 saturated carbocycles. The Bertz CT molecular complexity index is 831. The quantitative estimate of drug-likeness (QED) is 0.835. The Morgan fingerprint density at radius 1 is 1.11 bits per heavy atom. The fourth-order valence-electron chi connectivity index (χ4n) is 3.37. The highest BCUT2D eigenvalue weighted by atomic mass is 16.5. The molecule has 0 radical (unpaired) electrons. The van der Waals surface area contributed by atoms with Crippen molar-refractivity contribution in [1.29, 1.82) is 0 Å². The Balaban J connectivity index is 1.70. The Morgan fingerprint density at radius 3 is 2.57 bits per heavy atom. The minimum absolute atomic E-state index is 0.0796. The van der Waals surface area contributed by atoms with E-state index in [0.717, 1.165) is 35.7 Å². The third kappa shape index (κ3) is 5.10. The second kappa shape index (κ2) is 9.37. The molecular formula is C22H27N3O3. The van der Waals surface area contributed by atoms with Crippen molar-refractivity contribution in [3.05, 3.63) is 54.1 Å². The van der Waals surface area contributed by atoms with Crippen LogP contribution in [0.2, 0.25) is 0 Å². The lowest BCUT2D eigenvalue weighted by Crippen LogP contribution is -2.39. The van der Waals surface area contributed by atoms with E-state index in [4.69, 9.17) is 4.74 Å². The zero-order valence-electron chi connectivity index (χ0n) is 16.5. The van der Waals surface area contributed by atoms with Crippen LogP contribution in [0.4, 0.5) is 17.1 Å².